The van der Waals surface area contributed by atoms with E-state index in [0.717, 1.165) is 5.70 Å². The molecule has 2 aliphatic rings. The fourth-order valence-electron chi connectivity index (χ4n) is 4.66. The third-order valence-electron chi connectivity index (χ3n) is 6.20. The second-order valence-electron chi connectivity index (χ2n) is 8.30. The molecule has 34 heavy (non-hydrogen) atoms. The van der Waals surface area contributed by atoms with E-state index in [4.69, 9.17) is 14.2 Å². The SMILES string of the molecule is CCOCCOC(=O)C1=C(C)NC2=C(C(=O)C[C@H](c3cccs3)C2)[C@H]1c1ccc(O)c(OC)c1. The number of carbonyl (C=O) groups is 2. The second-order valence-corrected chi connectivity index (χ2v) is 9.28. The summed E-state index contributed by atoms with van der Waals surface area (Å²) < 4.78 is 16.1. The molecule has 0 spiro atoms. The minimum atomic E-state index is -0.623. The number of ketones is 1. The number of Topliss-reactive ketones (excluding diaryl/α,β-unsaturated/α-hetero) is 1. The number of phenols is 1. The van der Waals surface area contributed by atoms with Crippen molar-refractivity contribution in [2.24, 2.45) is 0 Å². The summed E-state index contributed by atoms with van der Waals surface area (Å²) in [5.41, 5.74) is 3.11. The third-order valence-corrected chi connectivity index (χ3v) is 7.23. The van der Waals surface area contributed by atoms with Gasteiger partial charge in [0, 0.05) is 46.7 Å². The van der Waals surface area contributed by atoms with Gasteiger partial charge in [-0.25, -0.2) is 4.79 Å². The molecular weight excluding hydrogens is 454 g/mol. The maximum absolute atomic E-state index is 13.5. The maximum Gasteiger partial charge on any atom is 0.336 e. The van der Waals surface area contributed by atoms with Gasteiger partial charge < -0.3 is 24.6 Å². The lowest BCUT2D eigenvalue weighted by Gasteiger charge is -2.36. The predicted octanol–water partition coefficient (Wildman–Crippen LogP) is 4.40. The highest BCUT2D eigenvalue weighted by Gasteiger charge is 2.41. The minimum absolute atomic E-state index is 0.00342. The average molecular weight is 484 g/mol. The van der Waals surface area contributed by atoms with Gasteiger partial charge in [-0.1, -0.05) is 12.1 Å². The van der Waals surface area contributed by atoms with E-state index in [2.05, 4.69) is 11.4 Å². The zero-order valence-corrected chi connectivity index (χ0v) is 20.4. The molecule has 0 unspecified atom stereocenters. The van der Waals surface area contributed by atoms with Crippen molar-refractivity contribution in [3.8, 4) is 11.5 Å². The predicted molar refractivity (Wildman–Crippen MR) is 129 cm³/mol. The van der Waals surface area contributed by atoms with Crippen LogP contribution >= 0.6 is 11.3 Å². The van der Waals surface area contributed by atoms with Crippen LogP contribution in [0.1, 0.15) is 49.0 Å². The molecule has 8 heteroatoms. The molecule has 1 aromatic carbocycles. The van der Waals surface area contributed by atoms with Gasteiger partial charge in [-0.15, -0.1) is 11.3 Å². The first-order valence-electron chi connectivity index (χ1n) is 11.3. The summed E-state index contributed by atoms with van der Waals surface area (Å²) in [7, 11) is 1.47. The Hall–Kier alpha value is -3.10. The number of carbonyl (C=O) groups excluding carboxylic acids is 2. The highest BCUT2D eigenvalue weighted by molar-refractivity contribution is 7.10. The molecule has 1 aliphatic carbocycles. The van der Waals surface area contributed by atoms with Crippen molar-refractivity contribution in [2.75, 3.05) is 26.9 Å². The molecule has 7 nitrogen and oxygen atoms in total. The number of benzene rings is 1. The van der Waals surface area contributed by atoms with E-state index in [0.29, 0.717) is 48.5 Å². The summed E-state index contributed by atoms with van der Waals surface area (Å²) in [6, 6.07) is 8.97. The number of aromatic hydroxyl groups is 1. The van der Waals surface area contributed by atoms with Crippen molar-refractivity contribution >= 4 is 23.1 Å². The monoisotopic (exact) mass is 483 g/mol. The highest BCUT2D eigenvalue weighted by Crippen LogP contribution is 2.47. The highest BCUT2D eigenvalue weighted by atomic mass is 32.1. The number of allylic oxidation sites excluding steroid dienone is 3. The van der Waals surface area contributed by atoms with E-state index in [1.807, 2.05) is 25.3 Å². The van der Waals surface area contributed by atoms with Gasteiger partial charge in [-0.3, -0.25) is 4.79 Å². The van der Waals surface area contributed by atoms with Gasteiger partial charge >= 0.3 is 5.97 Å². The van der Waals surface area contributed by atoms with Crippen LogP contribution in [-0.4, -0.2) is 43.8 Å². The number of phenolic OH excluding ortho intramolecular Hbond substituents is 1. The zero-order valence-electron chi connectivity index (χ0n) is 19.6. The summed E-state index contributed by atoms with van der Waals surface area (Å²) in [6.07, 6.45) is 1.05. The lowest BCUT2D eigenvalue weighted by Crippen LogP contribution is -2.36. The Morgan fingerprint density at radius 1 is 1.24 bits per heavy atom. The molecule has 2 heterocycles. The summed E-state index contributed by atoms with van der Waals surface area (Å²) >= 11 is 1.65. The number of esters is 1. The zero-order chi connectivity index (χ0) is 24.2. The molecule has 0 amide bonds. The molecule has 2 aromatic rings. The van der Waals surface area contributed by atoms with Crippen LogP contribution in [0.5, 0.6) is 11.5 Å². The Morgan fingerprint density at radius 3 is 2.76 bits per heavy atom. The number of nitrogens with one attached hydrogen (secondary N) is 1. The van der Waals surface area contributed by atoms with Gasteiger partial charge in [-0.2, -0.15) is 0 Å². The average Bonchev–Trinajstić information content (AvgIpc) is 3.36. The molecule has 0 saturated carbocycles. The van der Waals surface area contributed by atoms with Crippen molar-refractivity contribution in [1.29, 1.82) is 0 Å². The van der Waals surface area contributed by atoms with Gasteiger partial charge in [0.05, 0.1) is 19.3 Å². The van der Waals surface area contributed by atoms with Crippen LogP contribution in [0.25, 0.3) is 0 Å². The molecule has 0 fully saturated rings. The largest absolute Gasteiger partial charge is 0.504 e. The Bertz CT molecular complexity index is 1130. The fraction of sp³-hybridized carbons (Fsp3) is 0.385. The van der Waals surface area contributed by atoms with E-state index in [-0.39, 0.29) is 29.8 Å². The molecule has 180 valence electrons. The van der Waals surface area contributed by atoms with Gasteiger partial charge in [0.2, 0.25) is 0 Å². The first kappa shape index (κ1) is 24.0. The number of thiophene rings is 1. The standard InChI is InChI=1S/C26H29NO6S/c1-4-32-9-10-33-26(30)23-15(2)27-18-12-17(22-6-5-11-34-22)13-20(29)25(18)24(23)16-7-8-19(28)21(14-16)31-3/h5-8,11,14,17,24,27-28H,4,9-10,12-13H2,1-3H3/t17-,24+/m1/s1. The van der Waals surface area contributed by atoms with Crippen molar-refractivity contribution in [1.82, 2.24) is 5.32 Å². The lowest BCUT2D eigenvalue weighted by atomic mass is 9.72. The van der Waals surface area contributed by atoms with Gasteiger partial charge in [0.1, 0.15) is 6.61 Å². The van der Waals surface area contributed by atoms with Crippen molar-refractivity contribution in [3.05, 3.63) is 68.7 Å². The summed E-state index contributed by atoms with van der Waals surface area (Å²) in [5.74, 6) is -0.760. The second kappa shape index (κ2) is 10.4. The molecule has 0 bridgehead atoms. The number of hydrogen-bond donors (Lipinski definition) is 2. The van der Waals surface area contributed by atoms with Crippen LogP contribution in [0.2, 0.25) is 0 Å². The van der Waals surface area contributed by atoms with Crippen LogP contribution in [0.4, 0.5) is 0 Å². The minimum Gasteiger partial charge on any atom is -0.504 e. The van der Waals surface area contributed by atoms with Crippen molar-refractivity contribution in [2.45, 2.75) is 38.5 Å². The van der Waals surface area contributed by atoms with Crippen LogP contribution in [0.15, 0.2) is 58.3 Å². The number of ether oxygens (including phenoxy) is 3. The number of rotatable bonds is 8. The number of dihydropyridines is 1. The molecule has 1 aromatic heterocycles. The van der Waals surface area contributed by atoms with E-state index in [1.165, 1.54) is 18.1 Å². The van der Waals surface area contributed by atoms with Gasteiger partial charge in [-0.05, 0) is 49.4 Å². The van der Waals surface area contributed by atoms with E-state index < -0.39 is 11.9 Å². The van der Waals surface area contributed by atoms with Crippen LogP contribution in [0, 0.1) is 0 Å². The quantitative estimate of drug-likeness (QED) is 0.424. The third kappa shape index (κ3) is 4.74. The molecule has 0 saturated heterocycles. The molecule has 0 radical (unpaired) electrons. The first-order valence-corrected chi connectivity index (χ1v) is 12.2. The smallest absolute Gasteiger partial charge is 0.336 e. The molecule has 4 rings (SSSR count). The summed E-state index contributed by atoms with van der Waals surface area (Å²) in [4.78, 5) is 27.9. The molecule has 1 aliphatic heterocycles. The molecule has 2 N–H and O–H groups in total. The van der Waals surface area contributed by atoms with Crippen molar-refractivity contribution < 1.29 is 28.9 Å². The van der Waals surface area contributed by atoms with Crippen LogP contribution < -0.4 is 10.1 Å². The molecule has 2 atom stereocenters. The van der Waals surface area contributed by atoms with Crippen LogP contribution in [-0.2, 0) is 19.1 Å². The molecular formula is C26H29NO6S. The topological polar surface area (TPSA) is 94.1 Å². The Balaban J connectivity index is 1.75. The lowest BCUT2D eigenvalue weighted by molar-refractivity contribution is -0.140. The maximum atomic E-state index is 13.5. The first-order chi connectivity index (χ1) is 16.4. The summed E-state index contributed by atoms with van der Waals surface area (Å²) in [6.45, 7) is 4.66. The van der Waals surface area contributed by atoms with Crippen molar-refractivity contribution in [3.63, 3.8) is 0 Å². The van der Waals surface area contributed by atoms with E-state index in [1.54, 1.807) is 23.5 Å². The van der Waals surface area contributed by atoms with Gasteiger partial charge in [0.15, 0.2) is 17.3 Å². The normalized spacial score (nSPS) is 20.1. The van der Waals surface area contributed by atoms with E-state index in [9.17, 15) is 14.7 Å². The Morgan fingerprint density at radius 2 is 2.06 bits per heavy atom. The number of methoxy groups -OCH3 is 1. The number of hydrogen-bond acceptors (Lipinski definition) is 8. The Labute approximate surface area is 203 Å². The van der Waals surface area contributed by atoms with Crippen LogP contribution in [0.3, 0.4) is 0 Å². The van der Waals surface area contributed by atoms with E-state index >= 15 is 0 Å². The summed E-state index contributed by atoms with van der Waals surface area (Å²) in [5, 5.41) is 15.5. The Kier molecular flexibility index (Phi) is 7.38. The van der Waals surface area contributed by atoms with Gasteiger partial charge in [0.25, 0.3) is 0 Å². The fourth-order valence-corrected chi connectivity index (χ4v) is 5.49.